The average molecular weight is 389 g/mol. The van der Waals surface area contributed by atoms with E-state index in [1.54, 1.807) is 4.68 Å². The van der Waals surface area contributed by atoms with Crippen molar-refractivity contribution in [2.45, 2.75) is 6.92 Å². The van der Waals surface area contributed by atoms with Crippen LogP contribution in [-0.2, 0) is 9.59 Å². The van der Waals surface area contributed by atoms with E-state index in [2.05, 4.69) is 10.6 Å². The molecule has 0 unspecified atom stereocenters. The summed E-state index contributed by atoms with van der Waals surface area (Å²) < 4.78 is 1.73. The van der Waals surface area contributed by atoms with Crippen LogP contribution in [0, 0.1) is 6.92 Å². The molecule has 148 valence electrons. The van der Waals surface area contributed by atoms with E-state index in [0.29, 0.717) is 18.9 Å². The summed E-state index contributed by atoms with van der Waals surface area (Å²) >= 11 is 0. The normalized spacial score (nSPS) is 14.4. The number of anilines is 1. The number of rotatable bonds is 5. The molecule has 4 rings (SSSR count). The lowest BCUT2D eigenvalue weighted by Gasteiger charge is -2.25. The third kappa shape index (κ3) is 4.52. The molecule has 0 bridgehead atoms. The van der Waals surface area contributed by atoms with Crippen molar-refractivity contribution in [3.05, 3.63) is 66.2 Å². The van der Waals surface area contributed by atoms with Gasteiger partial charge >= 0.3 is 0 Å². The molecule has 1 aromatic heterocycles. The number of piperazine rings is 1. The first kappa shape index (κ1) is 18.9. The molecule has 7 nitrogen and oxygen atoms in total. The van der Waals surface area contributed by atoms with E-state index in [1.807, 2.05) is 72.5 Å². The molecule has 1 fully saturated rings. The topological polar surface area (TPSA) is 79.3 Å². The number of carbonyl (C=O) groups excluding carboxylic acids is 2. The van der Waals surface area contributed by atoms with Crippen LogP contribution in [0.5, 0.6) is 0 Å². The maximum atomic E-state index is 12.6. The van der Waals surface area contributed by atoms with Gasteiger partial charge < -0.3 is 10.6 Å². The van der Waals surface area contributed by atoms with Crippen LogP contribution in [0.25, 0.3) is 16.9 Å². The number of nitrogens with zero attached hydrogens (tertiary/aromatic N) is 3. The molecule has 1 aliphatic heterocycles. The van der Waals surface area contributed by atoms with Crippen LogP contribution in [-0.4, -0.2) is 52.7 Å². The predicted molar refractivity (Wildman–Crippen MR) is 112 cm³/mol. The molecule has 0 saturated carbocycles. The molecule has 2 N–H and O–H groups in total. The van der Waals surface area contributed by atoms with E-state index in [0.717, 1.165) is 16.9 Å². The van der Waals surface area contributed by atoms with Gasteiger partial charge in [0, 0.05) is 24.7 Å². The van der Waals surface area contributed by atoms with Crippen molar-refractivity contribution in [2.24, 2.45) is 0 Å². The Kier molecular flexibility index (Phi) is 5.39. The molecule has 2 amide bonds. The van der Waals surface area contributed by atoms with Gasteiger partial charge in [0.15, 0.2) is 0 Å². The predicted octanol–water partition coefficient (Wildman–Crippen LogP) is 2.22. The molecule has 0 atom stereocenters. The Morgan fingerprint density at radius 1 is 1.14 bits per heavy atom. The number of hydrogen-bond donors (Lipinski definition) is 2. The monoisotopic (exact) mass is 389 g/mol. The zero-order valence-corrected chi connectivity index (χ0v) is 16.3. The standard InChI is InChI=1S/C22H23N5O2/c1-16-7-9-17(10-8-16)19-13-20(27(25-19)18-5-3-2-4-6-18)24-22(29)15-26-12-11-23-21(28)14-26/h2-10,13H,11-12,14-15H2,1H3,(H,23,28)(H,24,29). The van der Waals surface area contributed by atoms with E-state index < -0.39 is 0 Å². The van der Waals surface area contributed by atoms with Gasteiger partial charge in [0.05, 0.1) is 24.5 Å². The Morgan fingerprint density at radius 2 is 1.90 bits per heavy atom. The molecule has 3 aromatic rings. The van der Waals surface area contributed by atoms with Crippen LogP contribution in [0.15, 0.2) is 60.7 Å². The third-order valence-corrected chi connectivity index (χ3v) is 4.81. The Bertz CT molecular complexity index is 1010. The molecule has 1 aliphatic rings. The average Bonchev–Trinajstić information content (AvgIpc) is 3.12. The van der Waals surface area contributed by atoms with Crippen LogP contribution in [0.3, 0.4) is 0 Å². The van der Waals surface area contributed by atoms with Gasteiger partial charge in [0.25, 0.3) is 0 Å². The minimum absolute atomic E-state index is 0.0555. The van der Waals surface area contributed by atoms with Crippen molar-refractivity contribution in [2.75, 3.05) is 31.5 Å². The number of carbonyl (C=O) groups is 2. The summed E-state index contributed by atoms with van der Waals surface area (Å²) in [4.78, 5) is 26.0. The third-order valence-electron chi connectivity index (χ3n) is 4.81. The molecular weight excluding hydrogens is 366 g/mol. The number of hydrogen-bond acceptors (Lipinski definition) is 4. The SMILES string of the molecule is Cc1ccc(-c2cc(NC(=O)CN3CCNC(=O)C3)n(-c3ccccc3)n2)cc1. The largest absolute Gasteiger partial charge is 0.354 e. The molecule has 0 aliphatic carbocycles. The summed E-state index contributed by atoms with van der Waals surface area (Å²) in [5.41, 5.74) is 3.80. The molecule has 0 spiro atoms. The number of amides is 2. The Hall–Kier alpha value is -3.45. The van der Waals surface area contributed by atoms with Crippen molar-refractivity contribution in [3.8, 4) is 16.9 Å². The zero-order chi connectivity index (χ0) is 20.2. The van der Waals surface area contributed by atoms with E-state index in [4.69, 9.17) is 5.10 Å². The first-order chi connectivity index (χ1) is 14.1. The molecule has 1 saturated heterocycles. The van der Waals surface area contributed by atoms with Gasteiger partial charge in [0.2, 0.25) is 11.8 Å². The molecule has 0 radical (unpaired) electrons. The lowest BCUT2D eigenvalue weighted by Crippen LogP contribution is -2.49. The van der Waals surface area contributed by atoms with Crippen molar-refractivity contribution < 1.29 is 9.59 Å². The fourth-order valence-electron chi connectivity index (χ4n) is 3.31. The van der Waals surface area contributed by atoms with Crippen molar-refractivity contribution >= 4 is 17.6 Å². The van der Waals surface area contributed by atoms with Crippen LogP contribution in [0.2, 0.25) is 0 Å². The van der Waals surface area contributed by atoms with E-state index in [1.165, 1.54) is 5.56 Å². The summed E-state index contributed by atoms with van der Waals surface area (Å²) in [6.45, 7) is 3.66. The van der Waals surface area contributed by atoms with Gasteiger partial charge in [-0.3, -0.25) is 14.5 Å². The summed E-state index contributed by atoms with van der Waals surface area (Å²) in [5.74, 6) is 0.366. The summed E-state index contributed by atoms with van der Waals surface area (Å²) in [6, 6.07) is 19.7. The second kappa shape index (κ2) is 8.28. The minimum atomic E-state index is -0.174. The molecule has 2 aromatic carbocycles. The number of aryl methyl sites for hydroxylation is 1. The van der Waals surface area contributed by atoms with Crippen LogP contribution in [0.1, 0.15) is 5.56 Å². The minimum Gasteiger partial charge on any atom is -0.354 e. The first-order valence-corrected chi connectivity index (χ1v) is 9.60. The van der Waals surface area contributed by atoms with Gasteiger partial charge in [-0.2, -0.15) is 5.10 Å². The maximum Gasteiger partial charge on any atom is 0.239 e. The highest BCUT2D eigenvalue weighted by Crippen LogP contribution is 2.25. The van der Waals surface area contributed by atoms with Gasteiger partial charge in [-0.1, -0.05) is 48.0 Å². The van der Waals surface area contributed by atoms with E-state index in [-0.39, 0.29) is 24.9 Å². The van der Waals surface area contributed by atoms with Gasteiger partial charge in [-0.25, -0.2) is 4.68 Å². The second-order valence-electron chi connectivity index (χ2n) is 7.14. The van der Waals surface area contributed by atoms with Crippen LogP contribution < -0.4 is 10.6 Å². The maximum absolute atomic E-state index is 12.6. The Labute approximate surface area is 169 Å². The number of para-hydroxylation sites is 1. The fourth-order valence-corrected chi connectivity index (χ4v) is 3.31. The molecular formula is C22H23N5O2. The molecule has 29 heavy (non-hydrogen) atoms. The summed E-state index contributed by atoms with van der Waals surface area (Å²) in [5, 5.41) is 10.4. The van der Waals surface area contributed by atoms with E-state index >= 15 is 0 Å². The Balaban J connectivity index is 1.59. The smallest absolute Gasteiger partial charge is 0.239 e. The zero-order valence-electron chi connectivity index (χ0n) is 16.3. The lowest BCUT2D eigenvalue weighted by atomic mass is 10.1. The van der Waals surface area contributed by atoms with Crippen molar-refractivity contribution in [1.82, 2.24) is 20.0 Å². The highest BCUT2D eigenvalue weighted by Gasteiger charge is 2.20. The lowest BCUT2D eigenvalue weighted by molar-refractivity contribution is -0.125. The van der Waals surface area contributed by atoms with Crippen LogP contribution >= 0.6 is 0 Å². The summed E-state index contributed by atoms with van der Waals surface area (Å²) in [6.07, 6.45) is 0. The fraction of sp³-hybridized carbons (Fsp3) is 0.227. The van der Waals surface area contributed by atoms with Crippen molar-refractivity contribution in [1.29, 1.82) is 0 Å². The highest BCUT2D eigenvalue weighted by molar-refractivity contribution is 5.93. The Morgan fingerprint density at radius 3 is 2.62 bits per heavy atom. The number of benzene rings is 2. The van der Waals surface area contributed by atoms with Crippen LogP contribution in [0.4, 0.5) is 5.82 Å². The molecule has 7 heteroatoms. The van der Waals surface area contributed by atoms with Crippen molar-refractivity contribution in [3.63, 3.8) is 0 Å². The van der Waals surface area contributed by atoms with Gasteiger partial charge in [-0.15, -0.1) is 0 Å². The quantitative estimate of drug-likeness (QED) is 0.701. The van der Waals surface area contributed by atoms with Gasteiger partial charge in [-0.05, 0) is 19.1 Å². The number of aromatic nitrogens is 2. The first-order valence-electron chi connectivity index (χ1n) is 9.60. The highest BCUT2D eigenvalue weighted by atomic mass is 16.2. The van der Waals surface area contributed by atoms with E-state index in [9.17, 15) is 9.59 Å². The second-order valence-corrected chi connectivity index (χ2v) is 7.14. The molecule has 2 heterocycles. The van der Waals surface area contributed by atoms with Gasteiger partial charge in [0.1, 0.15) is 5.82 Å². The number of nitrogens with one attached hydrogen (secondary N) is 2. The summed E-state index contributed by atoms with van der Waals surface area (Å²) in [7, 11) is 0.